The number of barbiturate groups is 1. The van der Waals surface area contributed by atoms with Crippen LogP contribution in [0.1, 0.15) is 29.2 Å². The monoisotopic (exact) mass is 538 g/mol. The Kier molecular flexibility index (Phi) is 7.86. The first-order chi connectivity index (χ1) is 17.7. The lowest BCUT2D eigenvalue weighted by molar-refractivity contribution is -0.122. The molecule has 0 spiro atoms. The summed E-state index contributed by atoms with van der Waals surface area (Å²) in [6.07, 6.45) is 1.42. The van der Waals surface area contributed by atoms with E-state index in [4.69, 9.17) is 32.7 Å². The molecule has 0 saturated carbocycles. The molecule has 1 aliphatic heterocycles. The second-order valence-electron chi connectivity index (χ2n) is 8.41. The van der Waals surface area contributed by atoms with E-state index in [-0.39, 0.29) is 12.2 Å². The molecule has 0 unspecified atom stereocenters. The SMILES string of the molecule is CCOc1cc(/C=C2\C(=O)NC(=O)N(c3cc(C)ccc3C)C2=O)ccc1OCc1ccc(Cl)cc1Cl. The molecule has 0 atom stereocenters. The van der Waals surface area contributed by atoms with E-state index in [0.29, 0.717) is 39.4 Å². The van der Waals surface area contributed by atoms with Crippen molar-refractivity contribution in [3.63, 3.8) is 0 Å². The molecule has 3 aromatic rings. The third kappa shape index (κ3) is 5.79. The van der Waals surface area contributed by atoms with Crippen LogP contribution in [-0.2, 0) is 16.2 Å². The Morgan fingerprint density at radius 1 is 0.919 bits per heavy atom. The summed E-state index contributed by atoms with van der Waals surface area (Å²) in [5, 5.41) is 3.27. The van der Waals surface area contributed by atoms with Crippen molar-refractivity contribution in [3.8, 4) is 11.5 Å². The summed E-state index contributed by atoms with van der Waals surface area (Å²) in [6.45, 7) is 6.03. The van der Waals surface area contributed by atoms with Gasteiger partial charge in [0.2, 0.25) is 0 Å². The molecule has 1 heterocycles. The Morgan fingerprint density at radius 3 is 2.43 bits per heavy atom. The first kappa shape index (κ1) is 26.3. The van der Waals surface area contributed by atoms with Crippen LogP contribution in [0.5, 0.6) is 11.5 Å². The average Bonchev–Trinajstić information content (AvgIpc) is 2.84. The largest absolute Gasteiger partial charge is 0.490 e. The van der Waals surface area contributed by atoms with E-state index in [0.717, 1.165) is 21.6 Å². The van der Waals surface area contributed by atoms with E-state index >= 15 is 0 Å². The zero-order valence-electron chi connectivity index (χ0n) is 20.4. The molecule has 0 radical (unpaired) electrons. The molecule has 1 aliphatic rings. The smallest absolute Gasteiger partial charge is 0.335 e. The van der Waals surface area contributed by atoms with Gasteiger partial charge in [0.15, 0.2) is 11.5 Å². The predicted octanol–water partition coefficient (Wildman–Crippen LogP) is 6.25. The highest BCUT2D eigenvalue weighted by Crippen LogP contribution is 2.32. The molecule has 4 amide bonds. The number of anilines is 1. The standard InChI is InChI=1S/C28H24Cl2N2O5/c1-4-36-25-13-18(7-10-24(25)37-15-19-8-9-20(29)14-22(19)30)12-21-26(33)31-28(35)32(27(21)34)23-11-16(2)5-6-17(23)3/h5-14H,4,15H2,1-3H3,(H,31,33,35)/b21-12+. The van der Waals surface area contributed by atoms with Crippen molar-refractivity contribution in [2.75, 3.05) is 11.5 Å². The Morgan fingerprint density at radius 2 is 1.70 bits per heavy atom. The fourth-order valence-electron chi connectivity index (χ4n) is 3.80. The number of nitrogens with zero attached hydrogens (tertiary/aromatic N) is 1. The molecule has 0 aromatic heterocycles. The molecule has 37 heavy (non-hydrogen) atoms. The van der Waals surface area contributed by atoms with Crippen molar-refractivity contribution < 1.29 is 23.9 Å². The van der Waals surface area contributed by atoms with E-state index in [1.54, 1.807) is 49.4 Å². The molecule has 3 aromatic carbocycles. The van der Waals surface area contributed by atoms with Crippen LogP contribution in [0, 0.1) is 13.8 Å². The minimum Gasteiger partial charge on any atom is -0.490 e. The van der Waals surface area contributed by atoms with Gasteiger partial charge < -0.3 is 9.47 Å². The topological polar surface area (TPSA) is 84.9 Å². The van der Waals surface area contributed by atoms with Crippen molar-refractivity contribution in [2.45, 2.75) is 27.4 Å². The van der Waals surface area contributed by atoms with Gasteiger partial charge in [-0.2, -0.15) is 0 Å². The third-order valence-electron chi connectivity index (χ3n) is 5.68. The van der Waals surface area contributed by atoms with Crippen molar-refractivity contribution in [2.24, 2.45) is 0 Å². The number of urea groups is 1. The molecule has 9 heteroatoms. The van der Waals surface area contributed by atoms with Gasteiger partial charge in [-0.1, -0.05) is 47.5 Å². The van der Waals surface area contributed by atoms with E-state index < -0.39 is 17.8 Å². The number of benzene rings is 3. The van der Waals surface area contributed by atoms with Crippen LogP contribution in [0.25, 0.3) is 6.08 Å². The fraction of sp³-hybridized carbons (Fsp3) is 0.179. The molecule has 1 saturated heterocycles. The second-order valence-corrected chi connectivity index (χ2v) is 9.26. The summed E-state index contributed by atoms with van der Waals surface area (Å²) in [5.41, 5.74) is 3.11. The van der Waals surface area contributed by atoms with Gasteiger partial charge >= 0.3 is 6.03 Å². The van der Waals surface area contributed by atoms with Crippen LogP contribution < -0.4 is 19.7 Å². The van der Waals surface area contributed by atoms with E-state index in [1.165, 1.54) is 6.08 Å². The van der Waals surface area contributed by atoms with Crippen molar-refractivity contribution >= 4 is 52.8 Å². The summed E-state index contributed by atoms with van der Waals surface area (Å²) < 4.78 is 11.7. The molecule has 0 bridgehead atoms. The zero-order valence-corrected chi connectivity index (χ0v) is 21.9. The Hall–Kier alpha value is -3.81. The van der Waals surface area contributed by atoms with Gasteiger partial charge in [-0.25, -0.2) is 9.69 Å². The number of hydrogen-bond donors (Lipinski definition) is 1. The van der Waals surface area contributed by atoms with Gasteiger partial charge in [0.1, 0.15) is 12.2 Å². The number of rotatable bonds is 7. The molecule has 1 N–H and O–H groups in total. The predicted molar refractivity (Wildman–Crippen MR) is 143 cm³/mol. The summed E-state index contributed by atoms with van der Waals surface area (Å²) in [7, 11) is 0. The number of nitrogens with one attached hydrogen (secondary N) is 1. The maximum atomic E-state index is 13.3. The van der Waals surface area contributed by atoms with Gasteiger partial charge in [0.05, 0.1) is 12.3 Å². The average molecular weight is 539 g/mol. The quantitative estimate of drug-likeness (QED) is 0.283. The number of imide groups is 2. The van der Waals surface area contributed by atoms with E-state index in [9.17, 15) is 14.4 Å². The van der Waals surface area contributed by atoms with Gasteiger partial charge in [-0.15, -0.1) is 0 Å². The van der Waals surface area contributed by atoms with E-state index in [1.807, 2.05) is 26.0 Å². The molecule has 0 aliphatic carbocycles. The highest BCUT2D eigenvalue weighted by molar-refractivity contribution is 6.39. The summed E-state index contributed by atoms with van der Waals surface area (Å²) >= 11 is 12.2. The van der Waals surface area contributed by atoms with Crippen LogP contribution in [0.4, 0.5) is 10.5 Å². The molecule has 190 valence electrons. The van der Waals surface area contributed by atoms with Crippen molar-refractivity contribution in [1.29, 1.82) is 0 Å². The van der Waals surface area contributed by atoms with Gasteiger partial charge in [-0.05, 0) is 73.9 Å². The number of carbonyl (C=O) groups is 3. The second kappa shape index (κ2) is 11.1. The summed E-state index contributed by atoms with van der Waals surface area (Å²) in [4.78, 5) is 39.5. The number of hydrogen-bond acceptors (Lipinski definition) is 5. The van der Waals surface area contributed by atoms with E-state index in [2.05, 4.69) is 5.32 Å². The first-order valence-corrected chi connectivity index (χ1v) is 12.3. The number of ether oxygens (including phenoxy) is 2. The van der Waals surface area contributed by atoms with Gasteiger partial charge in [0, 0.05) is 15.6 Å². The Labute approximate surface area is 224 Å². The molecular formula is C28H24Cl2N2O5. The molecule has 4 rings (SSSR count). The normalized spacial score (nSPS) is 14.7. The maximum Gasteiger partial charge on any atom is 0.335 e. The Bertz CT molecular complexity index is 1430. The Balaban J connectivity index is 1.63. The number of halogens is 2. The first-order valence-electron chi connectivity index (χ1n) is 11.5. The molecule has 7 nitrogen and oxygen atoms in total. The summed E-state index contributed by atoms with van der Waals surface area (Å²) in [5.74, 6) is -0.597. The van der Waals surface area contributed by atoms with Crippen LogP contribution in [0.15, 0.2) is 60.2 Å². The van der Waals surface area contributed by atoms with Crippen LogP contribution in [0.2, 0.25) is 10.0 Å². The third-order valence-corrected chi connectivity index (χ3v) is 6.27. The minimum atomic E-state index is -0.791. The summed E-state index contributed by atoms with van der Waals surface area (Å²) in [6, 6.07) is 14.8. The zero-order chi connectivity index (χ0) is 26.7. The lowest BCUT2D eigenvalue weighted by Gasteiger charge is -2.27. The number of carbonyl (C=O) groups excluding carboxylic acids is 3. The number of amides is 4. The number of aryl methyl sites for hydroxylation is 2. The van der Waals surface area contributed by atoms with Crippen LogP contribution >= 0.6 is 23.2 Å². The fourth-order valence-corrected chi connectivity index (χ4v) is 4.26. The minimum absolute atomic E-state index is 0.176. The molecule has 1 fully saturated rings. The van der Waals surface area contributed by atoms with Gasteiger partial charge in [0.25, 0.3) is 11.8 Å². The maximum absolute atomic E-state index is 13.3. The van der Waals surface area contributed by atoms with Crippen LogP contribution in [0.3, 0.4) is 0 Å². The van der Waals surface area contributed by atoms with Crippen LogP contribution in [-0.4, -0.2) is 24.5 Å². The highest BCUT2D eigenvalue weighted by atomic mass is 35.5. The molecular weight excluding hydrogens is 515 g/mol. The van der Waals surface area contributed by atoms with Crippen molar-refractivity contribution in [3.05, 3.63) is 92.5 Å². The lowest BCUT2D eigenvalue weighted by atomic mass is 10.0. The van der Waals surface area contributed by atoms with Crippen molar-refractivity contribution in [1.82, 2.24) is 5.32 Å². The highest BCUT2D eigenvalue weighted by Gasteiger charge is 2.37. The lowest BCUT2D eigenvalue weighted by Crippen LogP contribution is -2.54. The van der Waals surface area contributed by atoms with Gasteiger partial charge in [-0.3, -0.25) is 14.9 Å².